The van der Waals surface area contributed by atoms with Crippen LogP contribution in [0.2, 0.25) is 5.02 Å². The monoisotopic (exact) mass is 513 g/mol. The maximum atomic E-state index is 12.6. The van der Waals surface area contributed by atoms with Crippen LogP contribution in [0, 0.1) is 0 Å². The molecule has 1 aromatic heterocycles. The summed E-state index contributed by atoms with van der Waals surface area (Å²) in [5.41, 5.74) is 3.25. The van der Waals surface area contributed by atoms with Gasteiger partial charge in [0.15, 0.2) is 11.5 Å². The number of rotatable bonds is 7. The number of alkyl halides is 3. The van der Waals surface area contributed by atoms with Gasteiger partial charge in [0.05, 0.1) is 23.4 Å². The van der Waals surface area contributed by atoms with Crippen LogP contribution in [0.5, 0.6) is 11.5 Å². The average Bonchev–Trinajstić information content (AvgIpc) is 2.73. The molecular formula is C21H16BrClF3N3O2. The highest BCUT2D eigenvalue weighted by molar-refractivity contribution is 9.10. The summed E-state index contributed by atoms with van der Waals surface area (Å²) in [5, 5.41) is 4.60. The molecule has 31 heavy (non-hydrogen) atoms. The van der Waals surface area contributed by atoms with Crippen molar-refractivity contribution >= 4 is 39.6 Å². The van der Waals surface area contributed by atoms with E-state index in [0.717, 1.165) is 17.8 Å². The van der Waals surface area contributed by atoms with Crippen LogP contribution in [-0.2, 0) is 12.8 Å². The molecule has 162 valence electrons. The van der Waals surface area contributed by atoms with Crippen molar-refractivity contribution in [2.45, 2.75) is 12.8 Å². The minimum Gasteiger partial charge on any atom is -0.493 e. The van der Waals surface area contributed by atoms with E-state index in [1.165, 1.54) is 19.4 Å². The number of hydrazone groups is 1. The van der Waals surface area contributed by atoms with E-state index in [-0.39, 0.29) is 12.4 Å². The molecule has 5 nitrogen and oxygen atoms in total. The molecule has 0 bridgehead atoms. The van der Waals surface area contributed by atoms with Gasteiger partial charge in [-0.15, -0.1) is 0 Å². The maximum absolute atomic E-state index is 12.6. The quantitative estimate of drug-likeness (QED) is 0.287. The van der Waals surface area contributed by atoms with Crippen LogP contribution in [0.25, 0.3) is 0 Å². The zero-order valence-electron chi connectivity index (χ0n) is 16.1. The fraction of sp³-hybridized carbons (Fsp3) is 0.143. The molecule has 0 unspecified atom stereocenters. The second-order valence-electron chi connectivity index (χ2n) is 6.21. The van der Waals surface area contributed by atoms with Gasteiger partial charge in [-0.2, -0.15) is 18.3 Å². The summed E-state index contributed by atoms with van der Waals surface area (Å²) in [5.74, 6) is 1.14. The zero-order chi connectivity index (χ0) is 22.4. The van der Waals surface area contributed by atoms with Gasteiger partial charge in [-0.25, -0.2) is 4.98 Å². The SMILES string of the molecule is COc1cc(/C=N/Nc2ccc(C(F)(F)F)cn2)cc(Br)c1OCc1ccccc1Cl. The van der Waals surface area contributed by atoms with Crippen molar-refractivity contribution in [2.24, 2.45) is 5.10 Å². The largest absolute Gasteiger partial charge is 0.493 e. The number of halogens is 5. The van der Waals surface area contributed by atoms with Gasteiger partial charge in [0.25, 0.3) is 0 Å². The lowest BCUT2D eigenvalue weighted by Gasteiger charge is -2.14. The Bertz CT molecular complexity index is 1080. The first-order valence-electron chi connectivity index (χ1n) is 8.84. The van der Waals surface area contributed by atoms with Crippen molar-refractivity contribution in [2.75, 3.05) is 12.5 Å². The minimum absolute atomic E-state index is 0.176. The molecule has 0 spiro atoms. The van der Waals surface area contributed by atoms with Crippen LogP contribution in [0.4, 0.5) is 19.0 Å². The van der Waals surface area contributed by atoms with Gasteiger partial charge in [0, 0.05) is 16.8 Å². The molecule has 3 aromatic rings. The van der Waals surface area contributed by atoms with E-state index < -0.39 is 11.7 Å². The van der Waals surface area contributed by atoms with E-state index in [4.69, 9.17) is 21.1 Å². The van der Waals surface area contributed by atoms with Gasteiger partial charge >= 0.3 is 6.18 Å². The minimum atomic E-state index is -4.44. The van der Waals surface area contributed by atoms with E-state index in [9.17, 15) is 13.2 Å². The third kappa shape index (κ3) is 6.11. The van der Waals surface area contributed by atoms with Gasteiger partial charge < -0.3 is 9.47 Å². The van der Waals surface area contributed by atoms with Crippen LogP contribution in [0.3, 0.4) is 0 Å². The summed E-state index contributed by atoms with van der Waals surface area (Å²) in [7, 11) is 1.51. The first-order chi connectivity index (χ1) is 14.8. The molecular weight excluding hydrogens is 499 g/mol. The van der Waals surface area contributed by atoms with Crippen LogP contribution >= 0.6 is 27.5 Å². The van der Waals surface area contributed by atoms with Crippen molar-refractivity contribution in [3.63, 3.8) is 0 Å². The Morgan fingerprint density at radius 2 is 1.97 bits per heavy atom. The Hall–Kier alpha value is -2.78. The maximum Gasteiger partial charge on any atom is 0.417 e. The third-order valence-electron chi connectivity index (χ3n) is 4.07. The van der Waals surface area contributed by atoms with Gasteiger partial charge in [-0.3, -0.25) is 5.43 Å². The molecule has 0 aliphatic heterocycles. The molecule has 1 heterocycles. The molecule has 1 N–H and O–H groups in total. The third-order valence-corrected chi connectivity index (χ3v) is 5.02. The van der Waals surface area contributed by atoms with Crippen LogP contribution in [0.1, 0.15) is 16.7 Å². The molecule has 0 atom stereocenters. The fourth-order valence-corrected chi connectivity index (χ4v) is 3.28. The number of nitrogens with zero attached hydrogens (tertiary/aromatic N) is 2. The number of benzene rings is 2. The second-order valence-corrected chi connectivity index (χ2v) is 7.48. The highest BCUT2D eigenvalue weighted by Gasteiger charge is 2.30. The first-order valence-corrected chi connectivity index (χ1v) is 10.0. The van der Waals surface area contributed by atoms with Crippen molar-refractivity contribution in [3.8, 4) is 11.5 Å². The molecule has 2 aromatic carbocycles. The van der Waals surface area contributed by atoms with Crippen molar-refractivity contribution in [1.29, 1.82) is 0 Å². The van der Waals surface area contributed by atoms with Gasteiger partial charge in [-0.05, 0) is 51.8 Å². The zero-order valence-corrected chi connectivity index (χ0v) is 18.4. The lowest BCUT2D eigenvalue weighted by atomic mass is 10.2. The topological polar surface area (TPSA) is 55.7 Å². The summed E-state index contributed by atoms with van der Waals surface area (Å²) in [6.07, 6.45) is -2.22. The summed E-state index contributed by atoms with van der Waals surface area (Å²) in [4.78, 5) is 3.69. The first kappa shape index (κ1) is 22.9. The Labute approximate surface area is 190 Å². The number of ether oxygens (including phenoxy) is 2. The van der Waals surface area contributed by atoms with E-state index in [1.54, 1.807) is 18.2 Å². The molecule has 0 radical (unpaired) electrons. The summed E-state index contributed by atoms with van der Waals surface area (Å²) in [6.45, 7) is 0.253. The molecule has 0 amide bonds. The van der Waals surface area contributed by atoms with Crippen LogP contribution < -0.4 is 14.9 Å². The predicted molar refractivity (Wildman–Crippen MR) is 117 cm³/mol. The Balaban J connectivity index is 1.69. The number of methoxy groups -OCH3 is 1. The molecule has 10 heteroatoms. The fourth-order valence-electron chi connectivity index (χ4n) is 2.52. The van der Waals surface area contributed by atoms with Crippen molar-refractivity contribution < 1.29 is 22.6 Å². The predicted octanol–water partition coefficient (Wildman–Crippen LogP) is 6.55. The number of pyridine rings is 1. The standard InChI is InChI=1S/C21H16BrClF3N3O2/c1-30-18-9-13(10-28-29-19-7-6-15(11-27-19)21(24,25)26)8-16(22)20(18)31-12-14-4-2-3-5-17(14)23/h2-11H,12H2,1H3,(H,27,29)/b28-10+. The van der Waals surface area contributed by atoms with E-state index in [2.05, 4.69) is 31.4 Å². The molecule has 0 saturated carbocycles. The highest BCUT2D eigenvalue weighted by Crippen LogP contribution is 2.37. The molecule has 0 aliphatic carbocycles. The summed E-state index contributed by atoms with van der Waals surface area (Å²) in [6, 6.07) is 12.9. The van der Waals surface area contributed by atoms with Crippen LogP contribution in [-0.4, -0.2) is 18.3 Å². The lowest BCUT2D eigenvalue weighted by molar-refractivity contribution is -0.137. The smallest absolute Gasteiger partial charge is 0.417 e. The lowest BCUT2D eigenvalue weighted by Crippen LogP contribution is -2.05. The van der Waals surface area contributed by atoms with Crippen LogP contribution in [0.15, 0.2) is 64.3 Å². The number of hydrogen-bond donors (Lipinski definition) is 1. The number of aromatic nitrogens is 1. The van der Waals surface area contributed by atoms with E-state index in [1.807, 2.05) is 18.2 Å². The Morgan fingerprint density at radius 3 is 2.61 bits per heavy atom. The van der Waals surface area contributed by atoms with Gasteiger partial charge in [-0.1, -0.05) is 29.8 Å². The molecule has 0 saturated heterocycles. The summed E-state index contributed by atoms with van der Waals surface area (Å²) >= 11 is 9.61. The Morgan fingerprint density at radius 1 is 1.19 bits per heavy atom. The average molecular weight is 515 g/mol. The van der Waals surface area contributed by atoms with Gasteiger partial charge in [0.2, 0.25) is 0 Å². The van der Waals surface area contributed by atoms with E-state index in [0.29, 0.717) is 26.6 Å². The number of nitrogens with one attached hydrogen (secondary N) is 1. The number of anilines is 1. The molecule has 3 rings (SSSR count). The van der Waals surface area contributed by atoms with E-state index >= 15 is 0 Å². The summed E-state index contributed by atoms with van der Waals surface area (Å²) < 4.78 is 49.7. The molecule has 0 aliphatic rings. The van der Waals surface area contributed by atoms with Crippen molar-refractivity contribution in [1.82, 2.24) is 4.98 Å². The number of hydrogen-bond acceptors (Lipinski definition) is 5. The van der Waals surface area contributed by atoms with Gasteiger partial charge in [0.1, 0.15) is 12.4 Å². The normalized spacial score (nSPS) is 11.5. The van der Waals surface area contributed by atoms with Crippen molar-refractivity contribution in [3.05, 3.63) is 80.9 Å². The molecule has 0 fully saturated rings. The Kier molecular flexibility index (Phi) is 7.40. The second kappa shape index (κ2) is 10.0. The highest BCUT2D eigenvalue weighted by atomic mass is 79.9.